The number of likely N-dealkylation sites (tertiary alicyclic amines) is 1. The molecule has 2 amide bonds. The summed E-state index contributed by atoms with van der Waals surface area (Å²) in [6.45, 7) is 1.44. The predicted octanol–water partition coefficient (Wildman–Crippen LogP) is 4.75. The van der Waals surface area contributed by atoms with Crippen molar-refractivity contribution in [3.8, 4) is 0 Å². The van der Waals surface area contributed by atoms with Crippen LogP contribution in [0.5, 0.6) is 0 Å². The molecule has 1 aliphatic heterocycles. The van der Waals surface area contributed by atoms with E-state index in [2.05, 4.69) is 17.5 Å². The van der Waals surface area contributed by atoms with Crippen LogP contribution in [0.25, 0.3) is 10.2 Å². The Morgan fingerprint density at radius 3 is 2.90 bits per heavy atom. The zero-order chi connectivity index (χ0) is 20.1. The van der Waals surface area contributed by atoms with Crippen LogP contribution < -0.4 is 5.32 Å². The largest absolute Gasteiger partial charge is 0.356 e. The molecule has 1 aromatic carbocycles. The van der Waals surface area contributed by atoms with E-state index in [0.717, 1.165) is 47.5 Å². The second kappa shape index (κ2) is 9.53. The molecule has 29 heavy (non-hydrogen) atoms. The number of aromatic nitrogens is 1. The molecule has 1 atom stereocenters. The van der Waals surface area contributed by atoms with E-state index in [-0.39, 0.29) is 30.7 Å². The maximum absolute atomic E-state index is 12.8. The molecule has 2 aliphatic rings. The maximum atomic E-state index is 12.8. The molecule has 1 fully saturated rings. The number of carbonyl (C=O) groups excluding carboxylic acids is 2. The van der Waals surface area contributed by atoms with E-state index in [4.69, 9.17) is 4.98 Å². The highest BCUT2D eigenvalue weighted by molar-refractivity contribution is 7.18. The van der Waals surface area contributed by atoms with Crippen LogP contribution in [-0.4, -0.2) is 34.8 Å². The van der Waals surface area contributed by atoms with Gasteiger partial charge in [0.1, 0.15) is 5.01 Å². The molecule has 0 spiro atoms. The van der Waals surface area contributed by atoms with Gasteiger partial charge in [0.25, 0.3) is 0 Å². The minimum Gasteiger partial charge on any atom is -0.356 e. The smallest absolute Gasteiger partial charge is 0.223 e. The van der Waals surface area contributed by atoms with E-state index in [1.165, 1.54) is 24.8 Å². The second-order valence-electron chi connectivity index (χ2n) is 7.97. The molecule has 2 heterocycles. The van der Waals surface area contributed by atoms with Crippen LogP contribution in [0.15, 0.2) is 35.9 Å². The van der Waals surface area contributed by atoms with Gasteiger partial charge in [0.2, 0.25) is 11.8 Å². The Kier molecular flexibility index (Phi) is 6.60. The molecule has 1 aliphatic carbocycles. The van der Waals surface area contributed by atoms with Crippen molar-refractivity contribution in [3.05, 3.63) is 40.9 Å². The van der Waals surface area contributed by atoms with E-state index < -0.39 is 0 Å². The van der Waals surface area contributed by atoms with Crippen LogP contribution in [0.1, 0.15) is 68.8 Å². The van der Waals surface area contributed by atoms with Crippen LogP contribution in [0.4, 0.5) is 0 Å². The molecule has 1 N–H and O–H groups in total. The van der Waals surface area contributed by atoms with E-state index >= 15 is 0 Å². The first-order valence-corrected chi connectivity index (χ1v) is 11.6. The Bertz CT molecular complexity index is 871. The highest BCUT2D eigenvalue weighted by atomic mass is 32.1. The van der Waals surface area contributed by atoms with Gasteiger partial charge >= 0.3 is 0 Å². The topological polar surface area (TPSA) is 62.3 Å². The molecule has 5 nitrogen and oxygen atoms in total. The maximum Gasteiger partial charge on any atom is 0.223 e. The van der Waals surface area contributed by atoms with Crippen molar-refractivity contribution in [1.82, 2.24) is 15.2 Å². The SMILES string of the molecule is O=C(CCC(=O)N1CCC[C@H]1c1nc2ccccc2s1)NCCC1=CCCCC1. The van der Waals surface area contributed by atoms with Gasteiger partial charge in [-0.2, -0.15) is 0 Å². The number of nitrogens with one attached hydrogen (secondary N) is 1. The summed E-state index contributed by atoms with van der Waals surface area (Å²) in [4.78, 5) is 31.6. The van der Waals surface area contributed by atoms with Gasteiger partial charge in [0, 0.05) is 25.9 Å². The van der Waals surface area contributed by atoms with E-state index in [0.29, 0.717) is 6.54 Å². The molecular formula is C23H29N3O2S. The molecule has 1 saturated heterocycles. The van der Waals surface area contributed by atoms with Gasteiger partial charge in [0.15, 0.2) is 0 Å². The summed E-state index contributed by atoms with van der Waals surface area (Å²) >= 11 is 1.68. The fourth-order valence-electron chi connectivity index (χ4n) is 4.30. The van der Waals surface area contributed by atoms with Crippen LogP contribution >= 0.6 is 11.3 Å². The average Bonchev–Trinajstić information content (AvgIpc) is 3.39. The average molecular weight is 412 g/mol. The van der Waals surface area contributed by atoms with Gasteiger partial charge < -0.3 is 10.2 Å². The summed E-state index contributed by atoms with van der Waals surface area (Å²) in [5.41, 5.74) is 2.46. The Labute approximate surface area is 176 Å². The zero-order valence-electron chi connectivity index (χ0n) is 16.9. The molecule has 154 valence electrons. The Balaban J connectivity index is 1.26. The summed E-state index contributed by atoms with van der Waals surface area (Å²) in [7, 11) is 0. The van der Waals surface area contributed by atoms with Crippen molar-refractivity contribution >= 4 is 33.4 Å². The van der Waals surface area contributed by atoms with E-state index in [9.17, 15) is 9.59 Å². The van der Waals surface area contributed by atoms with Crippen LogP contribution in [0.3, 0.4) is 0 Å². The lowest BCUT2D eigenvalue weighted by molar-refractivity contribution is -0.134. The molecule has 0 saturated carbocycles. The zero-order valence-corrected chi connectivity index (χ0v) is 17.7. The molecule has 1 aromatic heterocycles. The van der Waals surface area contributed by atoms with Crippen molar-refractivity contribution in [2.75, 3.05) is 13.1 Å². The third kappa shape index (κ3) is 5.04. The Hall–Kier alpha value is -2.21. The van der Waals surface area contributed by atoms with Gasteiger partial charge in [-0.1, -0.05) is 23.8 Å². The molecule has 0 bridgehead atoms. The minimum atomic E-state index is -0.0227. The number of amides is 2. The summed E-state index contributed by atoms with van der Waals surface area (Å²) < 4.78 is 1.16. The van der Waals surface area contributed by atoms with E-state index in [1.807, 2.05) is 23.1 Å². The van der Waals surface area contributed by atoms with Crippen molar-refractivity contribution in [2.24, 2.45) is 0 Å². The first-order chi connectivity index (χ1) is 14.2. The predicted molar refractivity (Wildman–Crippen MR) is 117 cm³/mol. The van der Waals surface area contributed by atoms with Gasteiger partial charge in [-0.05, 0) is 57.1 Å². The lowest BCUT2D eigenvalue weighted by atomic mass is 9.97. The number of nitrogens with zero attached hydrogens (tertiary/aromatic N) is 2. The standard InChI is InChI=1S/C23H29N3O2S/c27-21(24-15-14-17-7-2-1-3-8-17)12-13-22(28)26-16-6-10-19(26)23-25-18-9-4-5-11-20(18)29-23/h4-5,7,9,11,19H,1-3,6,8,10,12-16H2,(H,24,27)/t19-/m0/s1. The van der Waals surface area contributed by atoms with Crippen molar-refractivity contribution in [1.29, 1.82) is 0 Å². The number of allylic oxidation sites excluding steroid dienone is 1. The van der Waals surface area contributed by atoms with Crippen molar-refractivity contribution in [2.45, 2.75) is 63.8 Å². The summed E-state index contributed by atoms with van der Waals surface area (Å²) in [5.74, 6) is 0.0439. The lowest BCUT2D eigenvalue weighted by Crippen LogP contribution is -2.32. The van der Waals surface area contributed by atoms with Crippen LogP contribution in [0, 0.1) is 0 Å². The minimum absolute atomic E-state index is 0.0227. The monoisotopic (exact) mass is 411 g/mol. The van der Waals surface area contributed by atoms with Crippen LogP contribution in [0.2, 0.25) is 0 Å². The molecule has 4 rings (SSSR count). The normalized spacial score (nSPS) is 19.4. The highest BCUT2D eigenvalue weighted by Gasteiger charge is 2.32. The van der Waals surface area contributed by atoms with Crippen molar-refractivity contribution in [3.63, 3.8) is 0 Å². The molecule has 2 aromatic rings. The fraction of sp³-hybridized carbons (Fsp3) is 0.522. The number of fused-ring (bicyclic) bond motifs is 1. The molecule has 0 unspecified atom stereocenters. The quantitative estimate of drug-likeness (QED) is 0.669. The number of rotatable bonds is 7. The van der Waals surface area contributed by atoms with Crippen LogP contribution in [-0.2, 0) is 9.59 Å². The molecule has 6 heteroatoms. The van der Waals surface area contributed by atoms with Gasteiger partial charge in [0.05, 0.1) is 16.3 Å². The van der Waals surface area contributed by atoms with E-state index in [1.54, 1.807) is 11.3 Å². The summed E-state index contributed by atoms with van der Waals surface area (Å²) in [5, 5.41) is 3.99. The number of hydrogen-bond donors (Lipinski definition) is 1. The van der Waals surface area contributed by atoms with Gasteiger partial charge in [-0.25, -0.2) is 4.98 Å². The van der Waals surface area contributed by atoms with Crippen molar-refractivity contribution < 1.29 is 9.59 Å². The number of carbonyl (C=O) groups is 2. The first kappa shape index (κ1) is 20.1. The Morgan fingerprint density at radius 2 is 2.07 bits per heavy atom. The number of thiazole rings is 1. The molecular weight excluding hydrogens is 382 g/mol. The highest BCUT2D eigenvalue weighted by Crippen LogP contribution is 2.36. The fourth-order valence-corrected chi connectivity index (χ4v) is 5.42. The third-order valence-electron chi connectivity index (χ3n) is 5.89. The number of benzene rings is 1. The molecule has 0 radical (unpaired) electrons. The first-order valence-electron chi connectivity index (χ1n) is 10.8. The van der Waals surface area contributed by atoms with Gasteiger partial charge in [-0.3, -0.25) is 9.59 Å². The number of hydrogen-bond acceptors (Lipinski definition) is 4. The second-order valence-corrected chi connectivity index (χ2v) is 9.04. The summed E-state index contributed by atoms with van der Waals surface area (Å²) in [6, 6.07) is 8.16. The Morgan fingerprint density at radius 1 is 1.17 bits per heavy atom. The van der Waals surface area contributed by atoms with Gasteiger partial charge in [-0.15, -0.1) is 11.3 Å². The number of para-hydroxylation sites is 1. The summed E-state index contributed by atoms with van der Waals surface area (Å²) in [6.07, 6.45) is 10.6. The third-order valence-corrected chi connectivity index (χ3v) is 7.03. The lowest BCUT2D eigenvalue weighted by Gasteiger charge is -2.23.